The van der Waals surface area contributed by atoms with Gasteiger partial charge in [-0.3, -0.25) is 4.98 Å². The summed E-state index contributed by atoms with van der Waals surface area (Å²) in [5.41, 5.74) is 1.55. The van der Waals surface area contributed by atoms with E-state index in [1.54, 1.807) is 6.07 Å². The molecule has 0 saturated carbocycles. The van der Waals surface area contributed by atoms with Crippen molar-refractivity contribution in [1.82, 2.24) is 4.98 Å². The maximum atomic E-state index is 12.2. The highest BCUT2D eigenvalue weighted by Crippen LogP contribution is 2.29. The number of benzene rings is 1. The van der Waals surface area contributed by atoms with Crippen LogP contribution in [0.15, 0.2) is 24.4 Å². The van der Waals surface area contributed by atoms with Gasteiger partial charge < -0.3 is 10.1 Å². The van der Waals surface area contributed by atoms with Crippen molar-refractivity contribution < 1.29 is 13.5 Å². The Morgan fingerprint density at radius 2 is 2.26 bits per heavy atom. The molecule has 0 aliphatic carbocycles. The number of rotatable bonds is 4. The number of alkyl halides is 2. The molecule has 2 rings (SSSR count). The summed E-state index contributed by atoms with van der Waals surface area (Å²) >= 11 is 0. The summed E-state index contributed by atoms with van der Waals surface area (Å²) in [5.74, 6) is 0.0403. The zero-order chi connectivity index (χ0) is 13.8. The molecule has 0 radical (unpaired) electrons. The van der Waals surface area contributed by atoms with Crippen molar-refractivity contribution in [2.24, 2.45) is 0 Å². The van der Waals surface area contributed by atoms with E-state index in [4.69, 9.17) is 5.26 Å². The lowest BCUT2D eigenvalue weighted by Gasteiger charge is -2.11. The van der Waals surface area contributed by atoms with Crippen LogP contribution in [0.2, 0.25) is 0 Å². The molecule has 1 aromatic heterocycles. The average Bonchev–Trinajstić information content (AvgIpc) is 2.39. The van der Waals surface area contributed by atoms with E-state index < -0.39 is 6.61 Å². The van der Waals surface area contributed by atoms with Gasteiger partial charge in [-0.2, -0.15) is 14.0 Å². The average molecular weight is 263 g/mol. The van der Waals surface area contributed by atoms with Gasteiger partial charge in [0.05, 0.1) is 16.8 Å². The van der Waals surface area contributed by atoms with Crippen LogP contribution in [0.5, 0.6) is 5.75 Å². The van der Waals surface area contributed by atoms with Crippen molar-refractivity contribution in [2.75, 3.05) is 11.9 Å². The number of pyridine rings is 1. The lowest BCUT2D eigenvalue weighted by atomic mass is 10.1. The summed E-state index contributed by atoms with van der Waals surface area (Å²) in [4.78, 5) is 4.11. The van der Waals surface area contributed by atoms with E-state index in [1.165, 1.54) is 18.3 Å². The van der Waals surface area contributed by atoms with Gasteiger partial charge in [-0.25, -0.2) is 0 Å². The molecule has 1 heterocycles. The summed E-state index contributed by atoms with van der Waals surface area (Å²) in [5, 5.41) is 12.7. The fraction of sp³-hybridized carbons (Fsp3) is 0.231. The second-order valence-corrected chi connectivity index (χ2v) is 3.75. The molecule has 0 aliphatic rings. The Balaban J connectivity index is 2.60. The number of fused-ring (bicyclic) bond motifs is 1. The van der Waals surface area contributed by atoms with E-state index in [0.717, 1.165) is 0 Å². The van der Waals surface area contributed by atoms with Crippen molar-refractivity contribution in [3.63, 3.8) is 0 Å². The molecule has 6 heteroatoms. The van der Waals surface area contributed by atoms with Crippen LogP contribution in [0.1, 0.15) is 12.5 Å². The molecule has 0 atom stereocenters. The number of hydrogen-bond acceptors (Lipinski definition) is 4. The first-order valence-electron chi connectivity index (χ1n) is 5.67. The first-order chi connectivity index (χ1) is 9.15. The van der Waals surface area contributed by atoms with E-state index in [-0.39, 0.29) is 5.75 Å². The maximum Gasteiger partial charge on any atom is 0.387 e. The smallest absolute Gasteiger partial charge is 0.387 e. The van der Waals surface area contributed by atoms with Gasteiger partial charge in [0.2, 0.25) is 0 Å². The quantitative estimate of drug-likeness (QED) is 0.920. The van der Waals surface area contributed by atoms with Gasteiger partial charge in [-0.1, -0.05) is 0 Å². The number of nitrogens with zero attached hydrogens (tertiary/aromatic N) is 2. The van der Waals surface area contributed by atoms with E-state index in [2.05, 4.69) is 15.0 Å². The predicted molar refractivity (Wildman–Crippen MR) is 67.3 cm³/mol. The van der Waals surface area contributed by atoms with Crippen LogP contribution in [-0.2, 0) is 0 Å². The van der Waals surface area contributed by atoms with Crippen LogP contribution in [0.3, 0.4) is 0 Å². The number of anilines is 1. The van der Waals surface area contributed by atoms with E-state index in [9.17, 15) is 8.78 Å². The van der Waals surface area contributed by atoms with Crippen molar-refractivity contribution in [1.29, 1.82) is 5.26 Å². The lowest BCUT2D eigenvalue weighted by Crippen LogP contribution is -2.03. The Bertz CT molecular complexity index is 638. The number of aromatic nitrogens is 1. The Hall–Kier alpha value is -2.42. The van der Waals surface area contributed by atoms with Gasteiger partial charge in [0, 0.05) is 18.1 Å². The van der Waals surface area contributed by atoms with E-state index >= 15 is 0 Å². The van der Waals surface area contributed by atoms with Gasteiger partial charge >= 0.3 is 6.61 Å². The summed E-state index contributed by atoms with van der Waals surface area (Å²) < 4.78 is 28.8. The molecule has 0 bridgehead atoms. The van der Waals surface area contributed by atoms with E-state index in [1.807, 2.05) is 13.0 Å². The van der Waals surface area contributed by atoms with Crippen molar-refractivity contribution in [3.05, 3.63) is 30.0 Å². The molecule has 2 aromatic rings. The highest BCUT2D eigenvalue weighted by Gasteiger charge is 2.11. The van der Waals surface area contributed by atoms with Crippen LogP contribution in [0.4, 0.5) is 14.5 Å². The van der Waals surface area contributed by atoms with Crippen molar-refractivity contribution in [2.45, 2.75) is 13.5 Å². The summed E-state index contributed by atoms with van der Waals surface area (Å²) in [6, 6.07) is 6.47. The second kappa shape index (κ2) is 5.48. The van der Waals surface area contributed by atoms with Crippen LogP contribution < -0.4 is 10.1 Å². The molecular formula is C13H11F2N3O. The molecule has 1 N–H and O–H groups in total. The van der Waals surface area contributed by atoms with Crippen molar-refractivity contribution in [3.8, 4) is 11.8 Å². The number of nitriles is 1. The third kappa shape index (κ3) is 2.71. The standard InChI is InChI=1S/C13H11F2N3O/c1-2-17-12-8(6-16)7-18-11-4-3-9(5-10(11)12)19-13(14)15/h3-5,7,13H,2H2,1H3,(H,17,18). The molecule has 0 aliphatic heterocycles. The fourth-order valence-corrected chi connectivity index (χ4v) is 1.80. The minimum absolute atomic E-state index is 0.0403. The predicted octanol–water partition coefficient (Wildman–Crippen LogP) is 3.14. The molecule has 0 unspecified atom stereocenters. The van der Waals surface area contributed by atoms with Gasteiger partial charge in [-0.05, 0) is 25.1 Å². The first-order valence-corrected chi connectivity index (χ1v) is 5.67. The highest BCUT2D eigenvalue weighted by molar-refractivity contribution is 5.94. The lowest BCUT2D eigenvalue weighted by molar-refractivity contribution is -0.0497. The topological polar surface area (TPSA) is 57.9 Å². The minimum Gasteiger partial charge on any atom is -0.435 e. The van der Waals surface area contributed by atoms with Crippen molar-refractivity contribution >= 4 is 16.6 Å². The number of hydrogen-bond donors (Lipinski definition) is 1. The van der Waals surface area contributed by atoms with Gasteiger partial charge in [0.1, 0.15) is 11.8 Å². The highest BCUT2D eigenvalue weighted by atomic mass is 19.3. The minimum atomic E-state index is -2.88. The Morgan fingerprint density at radius 1 is 1.47 bits per heavy atom. The Kier molecular flexibility index (Phi) is 3.76. The van der Waals surface area contributed by atoms with E-state index in [0.29, 0.717) is 28.7 Å². The third-order valence-electron chi connectivity index (χ3n) is 2.54. The monoisotopic (exact) mass is 263 g/mol. The zero-order valence-corrected chi connectivity index (χ0v) is 10.2. The van der Waals surface area contributed by atoms with Crippen LogP contribution in [0.25, 0.3) is 10.9 Å². The third-order valence-corrected chi connectivity index (χ3v) is 2.54. The SMILES string of the molecule is CCNc1c(C#N)cnc2ccc(OC(F)F)cc12. The molecular weight excluding hydrogens is 252 g/mol. The van der Waals surface area contributed by atoms with Gasteiger partial charge in [0.15, 0.2) is 0 Å². The summed E-state index contributed by atoms with van der Waals surface area (Å²) in [6.45, 7) is -0.396. The molecule has 0 fully saturated rings. The molecule has 0 saturated heterocycles. The zero-order valence-electron chi connectivity index (χ0n) is 10.2. The number of ether oxygens (including phenoxy) is 1. The number of nitrogens with one attached hydrogen (secondary N) is 1. The maximum absolute atomic E-state index is 12.2. The molecule has 4 nitrogen and oxygen atoms in total. The first kappa shape index (κ1) is 13.0. The van der Waals surface area contributed by atoms with Crippen LogP contribution >= 0.6 is 0 Å². The van der Waals surface area contributed by atoms with Gasteiger partial charge in [0.25, 0.3) is 0 Å². The second-order valence-electron chi connectivity index (χ2n) is 3.75. The van der Waals surface area contributed by atoms with Gasteiger partial charge in [-0.15, -0.1) is 0 Å². The molecule has 0 amide bonds. The Labute approximate surface area is 108 Å². The summed E-state index contributed by atoms with van der Waals surface area (Å²) in [6.07, 6.45) is 1.45. The molecule has 98 valence electrons. The van der Waals surface area contributed by atoms with Crippen LogP contribution in [-0.4, -0.2) is 18.1 Å². The Morgan fingerprint density at radius 3 is 2.89 bits per heavy atom. The van der Waals surface area contributed by atoms with Crippen LogP contribution in [0, 0.1) is 11.3 Å². The largest absolute Gasteiger partial charge is 0.435 e. The molecule has 19 heavy (non-hydrogen) atoms. The molecule has 1 aromatic carbocycles. The number of halogens is 2. The summed E-state index contributed by atoms with van der Waals surface area (Å²) in [7, 11) is 0. The molecule has 0 spiro atoms. The normalized spacial score (nSPS) is 10.5. The fourth-order valence-electron chi connectivity index (χ4n) is 1.80.